The molecule has 0 heterocycles. The highest BCUT2D eigenvalue weighted by Gasteiger charge is 1.60. The Morgan fingerprint density at radius 2 is 2.50 bits per heavy atom. The first-order valence-corrected chi connectivity index (χ1v) is 1.37. The van der Waals surface area contributed by atoms with Crippen molar-refractivity contribution in [3.63, 3.8) is 0 Å². The van der Waals surface area contributed by atoms with E-state index in [1.165, 1.54) is 6.20 Å². The Labute approximate surface area is 35.6 Å². The van der Waals surface area contributed by atoms with Crippen molar-refractivity contribution < 1.29 is 9.63 Å². The zero-order valence-electron chi connectivity index (χ0n) is 3.18. The van der Waals surface area contributed by atoms with E-state index in [2.05, 4.69) is 16.9 Å². The number of hydrogen-bond donors (Lipinski definition) is 1. The minimum atomic E-state index is 0.279. The molecule has 0 fully saturated rings. The standard InChI is InChI=1S/C3H5NO2/c1-2-4-6-3-5/h2-4H,1H2. The monoisotopic (exact) mass is 87.0 g/mol. The van der Waals surface area contributed by atoms with Gasteiger partial charge in [0.15, 0.2) is 0 Å². The van der Waals surface area contributed by atoms with E-state index >= 15 is 0 Å². The highest BCUT2D eigenvalue weighted by Crippen LogP contribution is 1.49. The Morgan fingerprint density at radius 3 is 2.67 bits per heavy atom. The normalized spacial score (nSPS) is 6.00. The predicted octanol–water partition coefficient (Wildman–Crippen LogP) is -0.193. The van der Waals surface area contributed by atoms with Crippen LogP contribution in [-0.2, 0) is 9.63 Å². The summed E-state index contributed by atoms with van der Waals surface area (Å²) in [5.41, 5.74) is 2.09. The van der Waals surface area contributed by atoms with Gasteiger partial charge in [-0.1, -0.05) is 6.58 Å². The maximum Gasteiger partial charge on any atom is 0.320 e. The van der Waals surface area contributed by atoms with Crippen molar-refractivity contribution in [1.29, 1.82) is 0 Å². The number of carbonyl (C=O) groups excluding carboxylic acids is 1. The third-order valence-corrected chi connectivity index (χ3v) is 0.199. The van der Waals surface area contributed by atoms with Crippen LogP contribution in [0.25, 0.3) is 0 Å². The van der Waals surface area contributed by atoms with E-state index in [-0.39, 0.29) is 6.47 Å². The van der Waals surface area contributed by atoms with Crippen molar-refractivity contribution >= 4 is 6.47 Å². The van der Waals surface area contributed by atoms with Gasteiger partial charge in [-0.25, -0.2) is 5.48 Å². The lowest BCUT2D eigenvalue weighted by atomic mass is 11.1. The van der Waals surface area contributed by atoms with Crippen LogP contribution in [0.2, 0.25) is 0 Å². The molecular formula is C3H5NO2. The first-order chi connectivity index (χ1) is 2.91. The van der Waals surface area contributed by atoms with E-state index in [0.717, 1.165) is 0 Å². The Kier molecular flexibility index (Phi) is 3.35. The van der Waals surface area contributed by atoms with E-state index in [4.69, 9.17) is 0 Å². The van der Waals surface area contributed by atoms with Crippen LogP contribution >= 0.6 is 0 Å². The molecular weight excluding hydrogens is 82.0 g/mol. The molecule has 3 nitrogen and oxygen atoms in total. The zero-order chi connectivity index (χ0) is 4.83. The van der Waals surface area contributed by atoms with Crippen molar-refractivity contribution in [2.24, 2.45) is 0 Å². The fraction of sp³-hybridized carbons (Fsp3) is 0. The number of hydrogen-bond acceptors (Lipinski definition) is 3. The van der Waals surface area contributed by atoms with Gasteiger partial charge in [0.1, 0.15) is 0 Å². The maximum absolute atomic E-state index is 9.23. The lowest BCUT2D eigenvalue weighted by molar-refractivity contribution is -0.133. The van der Waals surface area contributed by atoms with Crippen LogP contribution < -0.4 is 5.48 Å². The van der Waals surface area contributed by atoms with Gasteiger partial charge in [0, 0.05) is 6.20 Å². The summed E-state index contributed by atoms with van der Waals surface area (Å²) in [6, 6.07) is 0. The Hall–Kier alpha value is -0.990. The highest BCUT2D eigenvalue weighted by atomic mass is 16.7. The molecule has 0 aromatic carbocycles. The number of nitrogens with one attached hydrogen (secondary N) is 1. The molecule has 0 aliphatic carbocycles. The second kappa shape index (κ2) is 4.01. The van der Waals surface area contributed by atoms with Crippen molar-refractivity contribution in [1.82, 2.24) is 5.48 Å². The van der Waals surface area contributed by atoms with Gasteiger partial charge in [0.2, 0.25) is 0 Å². The van der Waals surface area contributed by atoms with E-state index in [0.29, 0.717) is 0 Å². The molecule has 0 aromatic heterocycles. The van der Waals surface area contributed by atoms with Gasteiger partial charge in [-0.15, -0.1) is 0 Å². The summed E-state index contributed by atoms with van der Waals surface area (Å²) in [5.74, 6) is 0. The van der Waals surface area contributed by atoms with Gasteiger partial charge in [-0.2, -0.15) is 0 Å². The average molecular weight is 87.1 g/mol. The van der Waals surface area contributed by atoms with Gasteiger partial charge >= 0.3 is 6.47 Å². The first kappa shape index (κ1) is 5.01. The number of carbonyl (C=O) groups is 1. The largest absolute Gasteiger partial charge is 0.347 e. The van der Waals surface area contributed by atoms with Crippen LogP contribution in [0.1, 0.15) is 0 Å². The molecule has 0 atom stereocenters. The first-order valence-electron chi connectivity index (χ1n) is 1.37. The minimum absolute atomic E-state index is 0.279. The zero-order valence-corrected chi connectivity index (χ0v) is 3.18. The third-order valence-electron chi connectivity index (χ3n) is 0.199. The molecule has 0 aromatic rings. The lowest BCUT2D eigenvalue weighted by Crippen LogP contribution is -2.01. The molecule has 0 amide bonds. The molecule has 34 valence electrons. The topological polar surface area (TPSA) is 38.3 Å². The molecule has 3 heteroatoms. The summed E-state index contributed by atoms with van der Waals surface area (Å²) in [4.78, 5) is 13.2. The predicted molar refractivity (Wildman–Crippen MR) is 20.5 cm³/mol. The SMILES string of the molecule is C=CNOC=O. The van der Waals surface area contributed by atoms with Gasteiger partial charge in [0.05, 0.1) is 0 Å². The fourth-order valence-corrected chi connectivity index (χ4v) is 0.0759. The minimum Gasteiger partial charge on any atom is -0.347 e. The smallest absolute Gasteiger partial charge is 0.320 e. The second-order valence-corrected chi connectivity index (χ2v) is 0.536. The molecule has 0 saturated carbocycles. The molecule has 0 bridgehead atoms. The highest BCUT2D eigenvalue weighted by molar-refractivity contribution is 5.36. The quantitative estimate of drug-likeness (QED) is 0.294. The summed E-state index contributed by atoms with van der Waals surface area (Å²) in [6.45, 7) is 3.48. The second-order valence-electron chi connectivity index (χ2n) is 0.536. The molecule has 0 radical (unpaired) electrons. The van der Waals surface area contributed by atoms with Crippen LogP contribution in [0.3, 0.4) is 0 Å². The van der Waals surface area contributed by atoms with Gasteiger partial charge in [-0.3, -0.25) is 4.79 Å². The Bertz CT molecular complexity index is 44.8. The Balaban J connectivity index is 2.66. The molecule has 0 spiro atoms. The molecule has 0 rings (SSSR count). The third kappa shape index (κ3) is 3.01. The van der Waals surface area contributed by atoms with Gasteiger partial charge in [-0.05, 0) is 0 Å². The summed E-state index contributed by atoms with van der Waals surface area (Å²) in [7, 11) is 0. The van der Waals surface area contributed by atoms with Crippen LogP contribution in [0.15, 0.2) is 12.8 Å². The summed E-state index contributed by atoms with van der Waals surface area (Å²) in [5, 5.41) is 0. The van der Waals surface area contributed by atoms with E-state index < -0.39 is 0 Å². The van der Waals surface area contributed by atoms with Crippen molar-refractivity contribution in [2.45, 2.75) is 0 Å². The number of rotatable bonds is 3. The lowest BCUT2D eigenvalue weighted by Gasteiger charge is -1.86. The van der Waals surface area contributed by atoms with Crippen LogP contribution in [0.5, 0.6) is 0 Å². The van der Waals surface area contributed by atoms with Crippen LogP contribution in [-0.4, -0.2) is 6.47 Å². The molecule has 0 aliphatic heterocycles. The van der Waals surface area contributed by atoms with Crippen molar-refractivity contribution in [3.8, 4) is 0 Å². The Morgan fingerprint density at radius 1 is 1.83 bits per heavy atom. The maximum atomic E-state index is 9.23. The summed E-state index contributed by atoms with van der Waals surface area (Å²) < 4.78 is 0. The van der Waals surface area contributed by atoms with Crippen molar-refractivity contribution in [2.75, 3.05) is 0 Å². The molecule has 1 N–H and O–H groups in total. The fourth-order valence-electron chi connectivity index (χ4n) is 0.0759. The van der Waals surface area contributed by atoms with Gasteiger partial charge < -0.3 is 4.84 Å². The molecule has 6 heavy (non-hydrogen) atoms. The molecule has 0 saturated heterocycles. The molecule has 0 unspecified atom stereocenters. The van der Waals surface area contributed by atoms with E-state index in [9.17, 15) is 4.79 Å². The van der Waals surface area contributed by atoms with Gasteiger partial charge in [0.25, 0.3) is 0 Å². The average Bonchev–Trinajstić information content (AvgIpc) is 1.61. The summed E-state index contributed by atoms with van der Waals surface area (Å²) >= 11 is 0. The van der Waals surface area contributed by atoms with E-state index in [1.807, 2.05) is 0 Å². The number of hydroxylamine groups is 1. The summed E-state index contributed by atoms with van der Waals surface area (Å²) in [6.07, 6.45) is 1.26. The van der Waals surface area contributed by atoms with E-state index in [1.54, 1.807) is 0 Å². The van der Waals surface area contributed by atoms with Crippen molar-refractivity contribution in [3.05, 3.63) is 12.8 Å². The van der Waals surface area contributed by atoms with Crippen LogP contribution in [0, 0.1) is 0 Å². The molecule has 0 aliphatic rings. The van der Waals surface area contributed by atoms with Crippen LogP contribution in [0.4, 0.5) is 0 Å².